The topological polar surface area (TPSA) is 105 Å². The first-order valence-corrected chi connectivity index (χ1v) is 9.98. The molecule has 4 atom stereocenters. The molecule has 2 bridgehead atoms. The number of fused-ring (bicyclic) bond motifs is 5. The number of guanidine groups is 1. The Hall–Kier alpha value is -1.98. The molecule has 0 spiro atoms. The number of carbonyl (C=O) groups is 2. The summed E-state index contributed by atoms with van der Waals surface area (Å²) in [6, 6.07) is 0. The van der Waals surface area contributed by atoms with Crippen LogP contribution in [-0.2, 0) is 22.7 Å². The van der Waals surface area contributed by atoms with Crippen molar-refractivity contribution in [2.24, 2.45) is 28.7 Å². The minimum absolute atomic E-state index is 0. The molecule has 1 aliphatic heterocycles. The molecule has 1 aromatic heterocycles. The van der Waals surface area contributed by atoms with E-state index in [-0.39, 0.29) is 59.5 Å². The summed E-state index contributed by atoms with van der Waals surface area (Å²) in [5.74, 6) is 1.85. The van der Waals surface area contributed by atoms with Crippen LogP contribution in [0.25, 0.3) is 0 Å². The van der Waals surface area contributed by atoms with E-state index in [4.69, 9.17) is 0 Å². The van der Waals surface area contributed by atoms with E-state index in [9.17, 15) is 9.59 Å². The molecular formula is C19H28IN7O2. The van der Waals surface area contributed by atoms with Crippen molar-refractivity contribution in [1.29, 1.82) is 0 Å². The van der Waals surface area contributed by atoms with Crippen LogP contribution in [0.1, 0.15) is 25.6 Å². The predicted octanol–water partition coefficient (Wildman–Crippen LogP) is 0.778. The number of aromatic nitrogens is 3. The lowest BCUT2D eigenvalue weighted by molar-refractivity contribution is -0.140. The van der Waals surface area contributed by atoms with Crippen molar-refractivity contribution >= 4 is 41.8 Å². The van der Waals surface area contributed by atoms with Crippen molar-refractivity contribution in [3.8, 4) is 0 Å². The molecule has 2 heterocycles. The van der Waals surface area contributed by atoms with Crippen molar-refractivity contribution in [2.75, 3.05) is 20.1 Å². The Kier molecular flexibility index (Phi) is 6.91. The number of imide groups is 1. The van der Waals surface area contributed by atoms with Crippen molar-refractivity contribution in [3.63, 3.8) is 0 Å². The highest BCUT2D eigenvalue weighted by atomic mass is 127. The van der Waals surface area contributed by atoms with Gasteiger partial charge < -0.3 is 15.2 Å². The van der Waals surface area contributed by atoms with E-state index in [2.05, 4.69) is 38.0 Å². The van der Waals surface area contributed by atoms with Gasteiger partial charge in [-0.1, -0.05) is 12.2 Å². The molecule has 3 aliphatic rings. The van der Waals surface area contributed by atoms with Crippen LogP contribution >= 0.6 is 24.0 Å². The van der Waals surface area contributed by atoms with Gasteiger partial charge in [0.05, 0.1) is 18.4 Å². The summed E-state index contributed by atoms with van der Waals surface area (Å²) in [4.78, 5) is 31.0. The standard InChI is InChI=1S/C19H27N7O2.HI/c1-3-25-11-23-24-14(25)10-22-19(20-2)21-7-4-8-26-17(27)15-12-5-6-13(9-12)16(15)18(26)28;/h5-6,11-13,15-16H,3-4,7-10H2,1-2H3,(H2,20,21,22);1H. The van der Waals surface area contributed by atoms with E-state index in [0.717, 1.165) is 18.8 Å². The van der Waals surface area contributed by atoms with Crippen LogP contribution in [0.5, 0.6) is 0 Å². The largest absolute Gasteiger partial charge is 0.356 e. The van der Waals surface area contributed by atoms with Crippen LogP contribution in [0.15, 0.2) is 23.5 Å². The maximum absolute atomic E-state index is 12.7. The second kappa shape index (κ2) is 9.23. The Balaban J connectivity index is 0.00000240. The van der Waals surface area contributed by atoms with Crippen LogP contribution in [-0.4, -0.2) is 57.6 Å². The Morgan fingerprint density at radius 2 is 1.90 bits per heavy atom. The third-order valence-electron chi connectivity index (χ3n) is 6.09. The smallest absolute Gasteiger partial charge is 0.233 e. The average molecular weight is 513 g/mol. The summed E-state index contributed by atoms with van der Waals surface area (Å²) in [6.45, 7) is 4.45. The fourth-order valence-corrected chi connectivity index (χ4v) is 4.69. The SMILES string of the molecule is CCn1cnnc1CNC(=NC)NCCCN1C(=O)C2C3C=CC(C3)C2C1=O.I. The summed E-state index contributed by atoms with van der Waals surface area (Å²) in [6.07, 6.45) is 7.60. The highest BCUT2D eigenvalue weighted by Gasteiger charge is 2.58. The Morgan fingerprint density at radius 3 is 2.52 bits per heavy atom. The van der Waals surface area contributed by atoms with Crippen LogP contribution in [0.4, 0.5) is 0 Å². The quantitative estimate of drug-likeness (QED) is 0.140. The third-order valence-corrected chi connectivity index (χ3v) is 6.09. The maximum atomic E-state index is 12.7. The number of rotatable bonds is 7. The molecule has 1 saturated heterocycles. The van der Waals surface area contributed by atoms with Gasteiger partial charge in [0.25, 0.3) is 0 Å². The van der Waals surface area contributed by atoms with Crippen molar-refractivity contribution in [2.45, 2.75) is 32.9 Å². The molecule has 10 heteroatoms. The summed E-state index contributed by atoms with van der Waals surface area (Å²) in [5.41, 5.74) is 0. The molecule has 1 aromatic rings. The zero-order valence-corrected chi connectivity index (χ0v) is 19.1. The van der Waals surface area contributed by atoms with Gasteiger partial charge in [-0.2, -0.15) is 0 Å². The second-order valence-electron chi connectivity index (χ2n) is 7.57. The second-order valence-corrected chi connectivity index (χ2v) is 7.57. The fraction of sp³-hybridized carbons (Fsp3) is 0.632. The third kappa shape index (κ3) is 4.03. The molecular weight excluding hydrogens is 485 g/mol. The summed E-state index contributed by atoms with van der Waals surface area (Å²) in [5, 5.41) is 14.4. The number of nitrogens with zero attached hydrogens (tertiary/aromatic N) is 5. The first-order chi connectivity index (χ1) is 13.6. The van der Waals surface area contributed by atoms with Gasteiger partial charge in [-0.25, -0.2) is 0 Å². The minimum atomic E-state index is -0.110. The van der Waals surface area contributed by atoms with Gasteiger partial charge in [0, 0.05) is 26.7 Å². The molecule has 29 heavy (non-hydrogen) atoms. The first kappa shape index (κ1) is 21.7. The zero-order chi connectivity index (χ0) is 19.7. The molecule has 0 radical (unpaired) electrons. The number of amides is 2. The van der Waals surface area contributed by atoms with Gasteiger partial charge >= 0.3 is 0 Å². The minimum Gasteiger partial charge on any atom is -0.356 e. The highest BCUT2D eigenvalue weighted by Crippen LogP contribution is 2.52. The summed E-state index contributed by atoms with van der Waals surface area (Å²) in [7, 11) is 1.71. The van der Waals surface area contributed by atoms with Gasteiger partial charge in [0.15, 0.2) is 11.8 Å². The molecule has 9 nitrogen and oxygen atoms in total. The van der Waals surface area contributed by atoms with E-state index in [1.165, 1.54) is 4.90 Å². The molecule has 1 saturated carbocycles. The van der Waals surface area contributed by atoms with Crippen LogP contribution in [0.3, 0.4) is 0 Å². The Bertz CT molecular complexity index is 791. The van der Waals surface area contributed by atoms with E-state index >= 15 is 0 Å². The van der Waals surface area contributed by atoms with Crippen LogP contribution in [0.2, 0.25) is 0 Å². The lowest BCUT2D eigenvalue weighted by atomic mass is 9.85. The lowest BCUT2D eigenvalue weighted by Crippen LogP contribution is -2.40. The monoisotopic (exact) mass is 513 g/mol. The van der Waals surface area contributed by atoms with Crippen molar-refractivity contribution < 1.29 is 9.59 Å². The molecule has 2 fully saturated rings. The number of hydrogen-bond donors (Lipinski definition) is 2. The fourth-order valence-electron chi connectivity index (χ4n) is 4.69. The lowest BCUT2D eigenvalue weighted by Gasteiger charge is -2.18. The number of carbonyl (C=O) groups excluding carboxylic acids is 2. The van der Waals surface area contributed by atoms with E-state index in [1.807, 2.05) is 11.5 Å². The average Bonchev–Trinajstić information content (AvgIpc) is 3.47. The highest BCUT2D eigenvalue weighted by molar-refractivity contribution is 14.0. The zero-order valence-electron chi connectivity index (χ0n) is 16.7. The van der Waals surface area contributed by atoms with Crippen LogP contribution in [0, 0.1) is 23.7 Å². The van der Waals surface area contributed by atoms with Crippen molar-refractivity contribution in [1.82, 2.24) is 30.3 Å². The summed E-state index contributed by atoms with van der Waals surface area (Å²) >= 11 is 0. The number of allylic oxidation sites excluding steroid dienone is 2. The number of hydrogen-bond acceptors (Lipinski definition) is 5. The van der Waals surface area contributed by atoms with E-state index in [1.54, 1.807) is 13.4 Å². The Labute approximate surface area is 187 Å². The van der Waals surface area contributed by atoms with Crippen molar-refractivity contribution in [3.05, 3.63) is 24.3 Å². The number of aryl methyl sites for hydroxylation is 1. The predicted molar refractivity (Wildman–Crippen MR) is 118 cm³/mol. The molecule has 2 N–H and O–H groups in total. The number of likely N-dealkylation sites (tertiary alicyclic amines) is 1. The molecule has 158 valence electrons. The number of nitrogens with one attached hydrogen (secondary N) is 2. The van der Waals surface area contributed by atoms with Gasteiger partial charge in [-0.05, 0) is 31.6 Å². The molecule has 2 amide bonds. The molecule has 2 aliphatic carbocycles. The number of aliphatic imine (C=N–C) groups is 1. The van der Waals surface area contributed by atoms with Gasteiger partial charge in [0.2, 0.25) is 11.8 Å². The van der Waals surface area contributed by atoms with E-state index < -0.39 is 0 Å². The van der Waals surface area contributed by atoms with Gasteiger partial charge in [-0.3, -0.25) is 19.5 Å². The van der Waals surface area contributed by atoms with Crippen LogP contribution < -0.4 is 10.6 Å². The molecule has 4 unspecified atom stereocenters. The molecule has 4 rings (SSSR count). The number of halogens is 1. The Morgan fingerprint density at radius 1 is 1.21 bits per heavy atom. The maximum Gasteiger partial charge on any atom is 0.233 e. The van der Waals surface area contributed by atoms with Gasteiger partial charge in [0.1, 0.15) is 6.33 Å². The van der Waals surface area contributed by atoms with E-state index in [0.29, 0.717) is 32.0 Å². The summed E-state index contributed by atoms with van der Waals surface area (Å²) < 4.78 is 1.96. The van der Waals surface area contributed by atoms with Gasteiger partial charge in [-0.15, -0.1) is 34.2 Å². The molecule has 0 aromatic carbocycles. The first-order valence-electron chi connectivity index (χ1n) is 9.98. The normalized spacial score (nSPS) is 27.4.